The summed E-state index contributed by atoms with van der Waals surface area (Å²) in [6, 6.07) is 9.36. The van der Waals surface area contributed by atoms with Crippen LogP contribution in [0.3, 0.4) is 0 Å². The minimum absolute atomic E-state index is 0.167. The monoisotopic (exact) mass is 351 g/mol. The number of amides is 1. The van der Waals surface area contributed by atoms with E-state index in [1.807, 2.05) is 30.3 Å². The summed E-state index contributed by atoms with van der Waals surface area (Å²) in [6.45, 7) is 0.167. The first kappa shape index (κ1) is 15.2. The fourth-order valence-corrected chi connectivity index (χ4v) is 2.28. The maximum absolute atomic E-state index is 12.0. The van der Waals surface area contributed by atoms with Gasteiger partial charge in [0.1, 0.15) is 11.1 Å². The van der Waals surface area contributed by atoms with E-state index in [2.05, 4.69) is 21.0 Å². The number of halogens is 1. The van der Waals surface area contributed by atoms with Crippen molar-refractivity contribution in [3.05, 3.63) is 56.9 Å². The first-order valence-electron chi connectivity index (χ1n) is 6.17. The summed E-state index contributed by atoms with van der Waals surface area (Å²) < 4.78 is 6.64. The second-order valence-electron chi connectivity index (χ2n) is 4.37. The molecule has 0 radical (unpaired) electrons. The lowest BCUT2D eigenvalue weighted by Crippen LogP contribution is -2.30. The van der Waals surface area contributed by atoms with Crippen molar-refractivity contribution >= 4 is 27.7 Å². The Kier molecular flexibility index (Phi) is 4.74. The van der Waals surface area contributed by atoms with Gasteiger partial charge in [-0.15, -0.1) is 0 Å². The van der Waals surface area contributed by atoms with Crippen LogP contribution in [0.2, 0.25) is 0 Å². The van der Waals surface area contributed by atoms with E-state index < -0.39 is 6.09 Å². The smallest absolute Gasteiger partial charge is 0.414 e. The van der Waals surface area contributed by atoms with E-state index >= 15 is 0 Å². The largest absolute Gasteiger partial charge is 0.444 e. The van der Waals surface area contributed by atoms with Gasteiger partial charge in [-0.25, -0.2) is 9.48 Å². The molecule has 0 saturated heterocycles. The number of rotatable bonds is 3. The van der Waals surface area contributed by atoms with Crippen LogP contribution in [-0.2, 0) is 18.4 Å². The minimum atomic E-state index is -0.561. The van der Waals surface area contributed by atoms with E-state index in [4.69, 9.17) is 4.74 Å². The molecule has 0 aliphatic heterocycles. The van der Waals surface area contributed by atoms with E-state index in [-0.39, 0.29) is 16.6 Å². The zero-order valence-electron chi connectivity index (χ0n) is 11.6. The van der Waals surface area contributed by atoms with Crippen molar-refractivity contribution < 1.29 is 9.53 Å². The highest BCUT2D eigenvalue weighted by molar-refractivity contribution is 9.10. The van der Waals surface area contributed by atoms with Gasteiger partial charge < -0.3 is 4.74 Å². The molecule has 0 spiro atoms. The maximum atomic E-state index is 12.0. The Morgan fingerprint density at radius 2 is 2.05 bits per heavy atom. The van der Waals surface area contributed by atoms with Crippen LogP contribution in [0.1, 0.15) is 5.56 Å². The summed E-state index contributed by atoms with van der Waals surface area (Å²) in [6.07, 6.45) is 0.865. The number of anilines is 1. The van der Waals surface area contributed by atoms with Gasteiger partial charge in [0.05, 0.1) is 11.9 Å². The Labute approximate surface area is 130 Å². The molecular formula is C14H14BrN3O3. The van der Waals surface area contributed by atoms with E-state index in [0.717, 1.165) is 5.56 Å². The number of aromatic nitrogens is 2. The van der Waals surface area contributed by atoms with Crippen molar-refractivity contribution in [3.8, 4) is 0 Å². The maximum Gasteiger partial charge on any atom is 0.414 e. The number of ether oxygens (including phenoxy) is 1. The van der Waals surface area contributed by atoms with Crippen LogP contribution in [-0.4, -0.2) is 22.9 Å². The zero-order chi connectivity index (χ0) is 15.4. The van der Waals surface area contributed by atoms with Crippen LogP contribution >= 0.6 is 15.9 Å². The van der Waals surface area contributed by atoms with Crippen molar-refractivity contribution in [1.82, 2.24) is 9.78 Å². The topological polar surface area (TPSA) is 64.4 Å². The van der Waals surface area contributed by atoms with Crippen LogP contribution in [0.5, 0.6) is 0 Å². The molecule has 0 bridgehead atoms. The molecule has 1 heterocycles. The minimum Gasteiger partial charge on any atom is -0.444 e. The van der Waals surface area contributed by atoms with Gasteiger partial charge in [-0.05, 0) is 21.5 Å². The van der Waals surface area contributed by atoms with Gasteiger partial charge in [-0.1, -0.05) is 30.3 Å². The van der Waals surface area contributed by atoms with Crippen LogP contribution < -0.4 is 10.5 Å². The zero-order valence-corrected chi connectivity index (χ0v) is 13.2. The number of carbonyl (C=O) groups is 1. The molecule has 110 valence electrons. The summed E-state index contributed by atoms with van der Waals surface area (Å²) in [5.41, 5.74) is 0.923. The third-order valence-corrected chi connectivity index (χ3v) is 3.65. The lowest BCUT2D eigenvalue weighted by atomic mass is 10.2. The van der Waals surface area contributed by atoms with E-state index in [9.17, 15) is 9.59 Å². The van der Waals surface area contributed by atoms with Crippen LogP contribution in [0.4, 0.5) is 10.5 Å². The Morgan fingerprint density at radius 1 is 1.38 bits per heavy atom. The molecule has 0 aliphatic carbocycles. The van der Waals surface area contributed by atoms with E-state index in [1.165, 1.54) is 29.9 Å². The number of hydrogen-bond donors (Lipinski definition) is 0. The van der Waals surface area contributed by atoms with Gasteiger partial charge in [0.2, 0.25) is 0 Å². The summed E-state index contributed by atoms with van der Waals surface area (Å²) in [5, 5.41) is 3.89. The predicted octanol–water partition coefficient (Wildman–Crippen LogP) is 2.32. The van der Waals surface area contributed by atoms with Gasteiger partial charge in [0, 0.05) is 14.1 Å². The molecular weight excluding hydrogens is 338 g/mol. The molecule has 0 saturated carbocycles. The number of nitrogens with zero attached hydrogens (tertiary/aromatic N) is 3. The first-order chi connectivity index (χ1) is 10.0. The number of aryl methyl sites for hydroxylation is 1. The molecule has 2 rings (SSSR count). The predicted molar refractivity (Wildman–Crippen MR) is 82.2 cm³/mol. The van der Waals surface area contributed by atoms with Gasteiger partial charge in [-0.2, -0.15) is 5.10 Å². The lowest BCUT2D eigenvalue weighted by Gasteiger charge is -2.18. The average Bonchev–Trinajstić information content (AvgIpc) is 2.51. The Hall–Kier alpha value is -2.15. The van der Waals surface area contributed by atoms with Crippen LogP contribution in [0.25, 0.3) is 0 Å². The molecule has 0 aliphatic rings. The molecule has 0 fully saturated rings. The molecule has 21 heavy (non-hydrogen) atoms. The number of benzene rings is 1. The quantitative estimate of drug-likeness (QED) is 0.851. The Morgan fingerprint density at radius 3 is 2.71 bits per heavy atom. The van der Waals surface area contributed by atoms with Gasteiger partial charge >= 0.3 is 6.09 Å². The van der Waals surface area contributed by atoms with Crippen LogP contribution in [0, 0.1) is 0 Å². The molecule has 1 aromatic carbocycles. The first-order valence-corrected chi connectivity index (χ1v) is 6.96. The second kappa shape index (κ2) is 6.53. The number of hydrogen-bond acceptors (Lipinski definition) is 4. The molecule has 6 nitrogen and oxygen atoms in total. The Bertz CT molecular complexity index is 700. The summed E-state index contributed by atoms with van der Waals surface area (Å²) in [4.78, 5) is 25.0. The van der Waals surface area contributed by atoms with Crippen molar-refractivity contribution in [2.45, 2.75) is 6.61 Å². The average molecular weight is 352 g/mol. The fraction of sp³-hybridized carbons (Fsp3) is 0.214. The fourth-order valence-electron chi connectivity index (χ4n) is 1.65. The van der Waals surface area contributed by atoms with Gasteiger partial charge in [-0.3, -0.25) is 9.69 Å². The normalized spacial score (nSPS) is 10.2. The van der Waals surface area contributed by atoms with E-state index in [1.54, 1.807) is 0 Å². The molecule has 7 heteroatoms. The second-order valence-corrected chi connectivity index (χ2v) is 5.16. The molecule has 0 atom stereocenters. The van der Waals surface area contributed by atoms with Crippen LogP contribution in [0.15, 0.2) is 45.8 Å². The third kappa shape index (κ3) is 3.49. The highest BCUT2D eigenvalue weighted by atomic mass is 79.9. The van der Waals surface area contributed by atoms with Gasteiger partial charge in [0.25, 0.3) is 5.56 Å². The molecule has 1 amide bonds. The highest BCUT2D eigenvalue weighted by Crippen LogP contribution is 2.20. The lowest BCUT2D eigenvalue weighted by molar-refractivity contribution is 0.148. The van der Waals surface area contributed by atoms with Crippen molar-refractivity contribution in [3.63, 3.8) is 0 Å². The molecule has 0 N–H and O–H groups in total. The highest BCUT2D eigenvalue weighted by Gasteiger charge is 2.18. The van der Waals surface area contributed by atoms with Crippen molar-refractivity contribution in [2.24, 2.45) is 7.05 Å². The van der Waals surface area contributed by atoms with Crippen molar-refractivity contribution in [2.75, 3.05) is 11.9 Å². The Balaban J connectivity index is 2.09. The SMILES string of the molecule is CN(C(=O)OCc1ccccc1)c1cnn(C)c(=O)c1Br. The summed E-state index contributed by atoms with van der Waals surface area (Å²) >= 11 is 3.17. The number of carbonyl (C=O) groups excluding carboxylic acids is 1. The van der Waals surface area contributed by atoms with Crippen molar-refractivity contribution in [1.29, 1.82) is 0 Å². The standard InChI is InChI=1S/C14H14BrN3O3/c1-17(11-8-16-18(2)13(19)12(11)15)14(20)21-9-10-6-4-3-5-7-10/h3-8H,9H2,1-2H3. The molecule has 2 aromatic rings. The van der Waals surface area contributed by atoms with E-state index in [0.29, 0.717) is 5.69 Å². The third-order valence-electron chi connectivity index (χ3n) is 2.90. The molecule has 1 aromatic heterocycles. The summed E-state index contributed by atoms with van der Waals surface area (Å²) in [7, 11) is 3.05. The van der Waals surface area contributed by atoms with Gasteiger partial charge in [0.15, 0.2) is 0 Å². The molecule has 0 unspecified atom stereocenters. The summed E-state index contributed by atoms with van der Waals surface area (Å²) in [5.74, 6) is 0.